The Morgan fingerprint density at radius 2 is 1.89 bits per heavy atom. The van der Waals surface area contributed by atoms with Gasteiger partial charge in [-0.2, -0.15) is 5.10 Å². The van der Waals surface area contributed by atoms with Gasteiger partial charge in [-0.15, -0.1) is 0 Å². The van der Waals surface area contributed by atoms with Gasteiger partial charge in [-0.25, -0.2) is 0 Å². The van der Waals surface area contributed by atoms with Crippen molar-refractivity contribution >= 4 is 23.8 Å². The molecule has 2 N–H and O–H groups in total. The summed E-state index contributed by atoms with van der Waals surface area (Å²) in [4.78, 5) is 12.3. The molecule has 0 aliphatic rings. The topological polar surface area (TPSA) is 71.9 Å². The first-order valence-electron chi connectivity index (χ1n) is 8.82. The maximum absolute atomic E-state index is 12.3. The average molecular weight is 382 g/mol. The van der Waals surface area contributed by atoms with E-state index in [0.717, 1.165) is 22.8 Å². The number of nitrogens with one attached hydrogen (secondary N) is 2. The third-order valence-electron chi connectivity index (χ3n) is 4.08. The van der Waals surface area contributed by atoms with Crippen LogP contribution in [0.25, 0.3) is 11.4 Å². The van der Waals surface area contributed by atoms with Crippen LogP contribution in [0.3, 0.4) is 0 Å². The van der Waals surface area contributed by atoms with Crippen molar-refractivity contribution in [3.63, 3.8) is 0 Å². The molecular formula is C20H22N4O2S. The summed E-state index contributed by atoms with van der Waals surface area (Å²) in [5.41, 5.74) is 2.87. The van der Waals surface area contributed by atoms with Crippen LogP contribution < -0.4 is 10.1 Å². The van der Waals surface area contributed by atoms with E-state index in [1.54, 1.807) is 0 Å². The fraction of sp³-hybridized carbons (Fsp3) is 0.250. The lowest BCUT2D eigenvalue weighted by Crippen LogP contribution is -2.15. The van der Waals surface area contributed by atoms with Crippen LogP contribution >= 0.6 is 12.2 Å². The van der Waals surface area contributed by atoms with Crippen molar-refractivity contribution in [1.82, 2.24) is 14.8 Å². The molecular weight excluding hydrogens is 360 g/mol. The molecule has 0 atom stereocenters. The molecule has 0 spiro atoms. The predicted molar refractivity (Wildman–Crippen MR) is 108 cm³/mol. The summed E-state index contributed by atoms with van der Waals surface area (Å²) in [7, 11) is 0. The largest absolute Gasteiger partial charge is 0.494 e. The molecule has 3 aromatic rings. The number of aromatic amines is 1. The van der Waals surface area contributed by atoms with Crippen LogP contribution in [0.2, 0.25) is 0 Å². The number of carbonyl (C=O) groups is 1. The highest BCUT2D eigenvalue weighted by Gasteiger charge is 2.11. The van der Waals surface area contributed by atoms with E-state index in [9.17, 15) is 4.79 Å². The van der Waals surface area contributed by atoms with Gasteiger partial charge in [-0.1, -0.05) is 29.8 Å². The van der Waals surface area contributed by atoms with E-state index in [4.69, 9.17) is 17.0 Å². The normalized spacial score (nSPS) is 10.6. The first-order chi connectivity index (χ1) is 13.1. The zero-order chi connectivity index (χ0) is 19.2. The quantitative estimate of drug-likeness (QED) is 0.596. The average Bonchev–Trinajstić information content (AvgIpc) is 3.03. The first kappa shape index (κ1) is 18.8. The third kappa shape index (κ3) is 4.83. The lowest BCUT2D eigenvalue weighted by Gasteiger charge is -2.09. The number of hydrogen-bond donors (Lipinski definition) is 2. The Balaban J connectivity index is 1.64. The minimum atomic E-state index is -0.0860. The molecule has 1 amide bonds. The van der Waals surface area contributed by atoms with Crippen LogP contribution in [-0.4, -0.2) is 27.3 Å². The number of H-pyrrole nitrogens is 1. The summed E-state index contributed by atoms with van der Waals surface area (Å²) in [6.07, 6.45) is 0.292. The molecule has 3 rings (SSSR count). The Hall–Kier alpha value is -2.93. The van der Waals surface area contributed by atoms with Gasteiger partial charge < -0.3 is 10.1 Å². The molecule has 6 nitrogen and oxygen atoms in total. The molecule has 0 radical (unpaired) electrons. The molecule has 27 heavy (non-hydrogen) atoms. The number of ether oxygens (including phenoxy) is 1. The highest BCUT2D eigenvalue weighted by Crippen LogP contribution is 2.19. The molecule has 1 aromatic heterocycles. The Bertz CT molecular complexity index is 959. The van der Waals surface area contributed by atoms with E-state index < -0.39 is 0 Å². The molecule has 2 aromatic carbocycles. The number of aryl methyl sites for hydroxylation is 1. The van der Waals surface area contributed by atoms with Crippen LogP contribution in [-0.2, 0) is 11.3 Å². The summed E-state index contributed by atoms with van der Waals surface area (Å²) < 4.78 is 7.74. The monoisotopic (exact) mass is 382 g/mol. The van der Waals surface area contributed by atoms with E-state index in [0.29, 0.717) is 24.3 Å². The van der Waals surface area contributed by atoms with Crippen molar-refractivity contribution in [3.8, 4) is 17.1 Å². The van der Waals surface area contributed by atoms with Gasteiger partial charge in [0.1, 0.15) is 5.75 Å². The van der Waals surface area contributed by atoms with Gasteiger partial charge in [0, 0.05) is 24.2 Å². The summed E-state index contributed by atoms with van der Waals surface area (Å²) in [5, 5.41) is 10.0. The van der Waals surface area contributed by atoms with Gasteiger partial charge in [0.25, 0.3) is 0 Å². The molecule has 7 heteroatoms. The maximum atomic E-state index is 12.3. The first-order valence-corrected chi connectivity index (χ1v) is 9.22. The van der Waals surface area contributed by atoms with Gasteiger partial charge in [0.15, 0.2) is 10.6 Å². The molecule has 0 saturated carbocycles. The van der Waals surface area contributed by atoms with Crippen LogP contribution in [0.1, 0.15) is 18.9 Å². The van der Waals surface area contributed by atoms with Gasteiger partial charge in [-0.05, 0) is 50.3 Å². The summed E-state index contributed by atoms with van der Waals surface area (Å²) >= 11 is 5.32. The van der Waals surface area contributed by atoms with Crippen molar-refractivity contribution in [2.45, 2.75) is 26.8 Å². The number of nitrogens with zero attached hydrogens (tertiary/aromatic N) is 2. The van der Waals surface area contributed by atoms with Gasteiger partial charge in [0.2, 0.25) is 5.91 Å². The van der Waals surface area contributed by atoms with E-state index in [1.165, 1.54) is 5.56 Å². The molecule has 0 aliphatic heterocycles. The molecule has 0 fully saturated rings. The van der Waals surface area contributed by atoms with Crippen molar-refractivity contribution in [2.75, 3.05) is 11.9 Å². The second-order valence-corrected chi connectivity index (χ2v) is 6.51. The minimum Gasteiger partial charge on any atom is -0.494 e. The number of amides is 1. The molecule has 140 valence electrons. The van der Waals surface area contributed by atoms with E-state index >= 15 is 0 Å². The van der Waals surface area contributed by atoms with Crippen molar-refractivity contribution in [2.24, 2.45) is 0 Å². The Labute approximate surface area is 163 Å². The fourth-order valence-electron chi connectivity index (χ4n) is 2.69. The predicted octanol–water partition coefficient (Wildman–Crippen LogP) is 4.34. The van der Waals surface area contributed by atoms with Gasteiger partial charge in [-0.3, -0.25) is 14.5 Å². The van der Waals surface area contributed by atoms with E-state index in [2.05, 4.69) is 15.5 Å². The third-order valence-corrected chi connectivity index (χ3v) is 4.39. The smallest absolute Gasteiger partial charge is 0.226 e. The molecule has 0 bridgehead atoms. The van der Waals surface area contributed by atoms with Gasteiger partial charge >= 0.3 is 0 Å². The number of rotatable bonds is 7. The van der Waals surface area contributed by atoms with E-state index in [-0.39, 0.29) is 5.91 Å². The van der Waals surface area contributed by atoms with Crippen molar-refractivity contribution in [1.29, 1.82) is 0 Å². The lowest BCUT2D eigenvalue weighted by atomic mass is 10.1. The van der Waals surface area contributed by atoms with Crippen molar-refractivity contribution in [3.05, 3.63) is 58.9 Å². The van der Waals surface area contributed by atoms with Crippen LogP contribution in [0.15, 0.2) is 48.5 Å². The molecule has 0 unspecified atom stereocenters. The second kappa shape index (κ2) is 8.64. The van der Waals surface area contributed by atoms with E-state index in [1.807, 2.05) is 66.9 Å². The number of benzene rings is 2. The molecule has 1 heterocycles. The molecule has 0 aliphatic carbocycles. The van der Waals surface area contributed by atoms with Gasteiger partial charge in [0.05, 0.1) is 6.61 Å². The zero-order valence-electron chi connectivity index (χ0n) is 15.4. The minimum absolute atomic E-state index is 0.0860. The Morgan fingerprint density at radius 1 is 1.19 bits per heavy atom. The van der Waals surface area contributed by atoms with Crippen molar-refractivity contribution < 1.29 is 9.53 Å². The summed E-state index contributed by atoms with van der Waals surface area (Å²) in [6.45, 7) is 5.02. The summed E-state index contributed by atoms with van der Waals surface area (Å²) in [5.74, 6) is 1.42. The highest BCUT2D eigenvalue weighted by atomic mass is 32.1. The second-order valence-electron chi connectivity index (χ2n) is 6.13. The maximum Gasteiger partial charge on any atom is 0.226 e. The molecule has 0 saturated heterocycles. The number of hydrogen-bond acceptors (Lipinski definition) is 4. The standard InChI is InChI=1S/C20H22N4O2S/c1-3-26-17-10-8-16(9-11-17)21-18(25)12-13-24-19(22-23-20(24)27)15-6-4-14(2)5-7-15/h4-11H,3,12-13H2,1-2H3,(H,21,25)(H,23,27). The zero-order valence-corrected chi connectivity index (χ0v) is 16.2. The lowest BCUT2D eigenvalue weighted by molar-refractivity contribution is -0.116. The fourth-order valence-corrected chi connectivity index (χ4v) is 2.91. The van der Waals surface area contributed by atoms with Crippen LogP contribution in [0.5, 0.6) is 5.75 Å². The highest BCUT2D eigenvalue weighted by molar-refractivity contribution is 7.71. The number of anilines is 1. The van der Waals surface area contributed by atoms with Crippen LogP contribution in [0, 0.1) is 11.7 Å². The Morgan fingerprint density at radius 3 is 2.56 bits per heavy atom. The number of carbonyl (C=O) groups excluding carboxylic acids is 1. The van der Waals surface area contributed by atoms with Crippen LogP contribution in [0.4, 0.5) is 5.69 Å². The Kier molecular flexibility index (Phi) is 6.03. The SMILES string of the molecule is CCOc1ccc(NC(=O)CCn2c(-c3ccc(C)cc3)n[nH]c2=S)cc1. The number of aromatic nitrogens is 3. The summed E-state index contributed by atoms with van der Waals surface area (Å²) in [6, 6.07) is 15.4.